The van der Waals surface area contributed by atoms with Gasteiger partial charge in [-0.15, -0.1) is 0 Å². The third kappa shape index (κ3) is 5.06. The molecule has 0 amide bonds. The molecule has 3 aromatic rings. The Bertz CT molecular complexity index is 1110. The van der Waals surface area contributed by atoms with E-state index in [2.05, 4.69) is 4.99 Å². The van der Waals surface area contributed by atoms with E-state index >= 15 is 0 Å². The molecule has 6 nitrogen and oxygen atoms in total. The van der Waals surface area contributed by atoms with Gasteiger partial charge in [-0.2, -0.15) is 4.31 Å². The van der Waals surface area contributed by atoms with Gasteiger partial charge in [0.15, 0.2) is 11.5 Å². The maximum Gasteiger partial charge on any atom is 0.243 e. The third-order valence-corrected chi connectivity index (χ3v) is 6.38. The average molecular weight is 425 g/mol. The van der Waals surface area contributed by atoms with Crippen LogP contribution >= 0.6 is 0 Å². The second-order valence-electron chi connectivity index (χ2n) is 6.61. The highest BCUT2D eigenvalue weighted by molar-refractivity contribution is 7.89. The van der Waals surface area contributed by atoms with Crippen LogP contribution in [0.1, 0.15) is 11.1 Å². The van der Waals surface area contributed by atoms with Crippen LogP contribution in [-0.4, -0.2) is 40.2 Å². The van der Waals surface area contributed by atoms with E-state index in [1.165, 1.54) is 4.31 Å². The predicted molar refractivity (Wildman–Crippen MR) is 118 cm³/mol. The number of hydrogen-bond acceptors (Lipinski definition) is 5. The summed E-state index contributed by atoms with van der Waals surface area (Å²) in [6.07, 6.45) is 1.69. The fourth-order valence-corrected chi connectivity index (χ4v) is 4.05. The summed E-state index contributed by atoms with van der Waals surface area (Å²) < 4.78 is 37.5. The number of ether oxygens (including phenoxy) is 2. The van der Waals surface area contributed by atoms with Crippen LogP contribution in [0.4, 0.5) is 5.69 Å². The smallest absolute Gasteiger partial charge is 0.243 e. The molecular weight excluding hydrogens is 400 g/mol. The highest BCUT2D eigenvalue weighted by Gasteiger charge is 2.20. The second kappa shape index (κ2) is 9.56. The highest BCUT2D eigenvalue weighted by atomic mass is 32.2. The lowest BCUT2D eigenvalue weighted by Crippen LogP contribution is -2.26. The summed E-state index contributed by atoms with van der Waals surface area (Å²) in [5.41, 5.74) is 2.42. The second-order valence-corrected chi connectivity index (χ2v) is 8.66. The fraction of sp³-hybridized carbons (Fsp3) is 0.174. The Kier molecular flexibility index (Phi) is 6.87. The molecular formula is C23H24N2O4S. The molecule has 0 saturated carbocycles. The molecule has 156 valence electrons. The number of benzene rings is 3. The van der Waals surface area contributed by atoms with Crippen molar-refractivity contribution in [2.75, 3.05) is 21.3 Å². The van der Waals surface area contributed by atoms with Crippen molar-refractivity contribution in [3.05, 3.63) is 83.9 Å². The SMILES string of the molecule is COc1ccc(C=Nc2ccc(S(=O)(=O)N(C)Cc3ccccc3)cc2)cc1OC. The van der Waals surface area contributed by atoms with Crippen molar-refractivity contribution in [3.8, 4) is 11.5 Å². The number of aliphatic imine (C=N–C) groups is 1. The van der Waals surface area contributed by atoms with Gasteiger partial charge in [0, 0.05) is 19.8 Å². The Morgan fingerprint density at radius 1 is 0.900 bits per heavy atom. The van der Waals surface area contributed by atoms with Crippen molar-refractivity contribution in [1.82, 2.24) is 4.31 Å². The minimum Gasteiger partial charge on any atom is -0.493 e. The third-order valence-electron chi connectivity index (χ3n) is 4.56. The molecule has 0 aliphatic rings. The Morgan fingerprint density at radius 2 is 1.57 bits per heavy atom. The van der Waals surface area contributed by atoms with Crippen molar-refractivity contribution < 1.29 is 17.9 Å². The van der Waals surface area contributed by atoms with E-state index < -0.39 is 10.0 Å². The van der Waals surface area contributed by atoms with E-state index in [0.29, 0.717) is 23.7 Å². The quantitative estimate of drug-likeness (QED) is 0.506. The van der Waals surface area contributed by atoms with E-state index in [9.17, 15) is 8.42 Å². The normalized spacial score (nSPS) is 11.7. The van der Waals surface area contributed by atoms with Crippen LogP contribution in [0, 0.1) is 0 Å². The maximum absolute atomic E-state index is 12.8. The van der Waals surface area contributed by atoms with Gasteiger partial charge < -0.3 is 9.47 Å². The monoisotopic (exact) mass is 424 g/mol. The zero-order chi connectivity index (χ0) is 21.6. The van der Waals surface area contributed by atoms with Gasteiger partial charge in [-0.3, -0.25) is 4.99 Å². The van der Waals surface area contributed by atoms with Gasteiger partial charge in [0.25, 0.3) is 0 Å². The summed E-state index contributed by atoms with van der Waals surface area (Å²) in [5.74, 6) is 1.26. The first-order valence-electron chi connectivity index (χ1n) is 9.30. The van der Waals surface area contributed by atoms with Crippen molar-refractivity contribution in [1.29, 1.82) is 0 Å². The lowest BCUT2D eigenvalue weighted by molar-refractivity contribution is 0.355. The molecule has 0 saturated heterocycles. The summed E-state index contributed by atoms with van der Waals surface area (Å²) >= 11 is 0. The van der Waals surface area contributed by atoms with Crippen molar-refractivity contribution in [2.24, 2.45) is 4.99 Å². The van der Waals surface area contributed by atoms with Crippen LogP contribution in [0.2, 0.25) is 0 Å². The fourth-order valence-electron chi connectivity index (χ4n) is 2.89. The largest absolute Gasteiger partial charge is 0.493 e. The van der Waals surface area contributed by atoms with Gasteiger partial charge in [0.2, 0.25) is 10.0 Å². The Hall–Kier alpha value is -3.16. The Labute approximate surface area is 177 Å². The molecule has 0 bridgehead atoms. The number of methoxy groups -OCH3 is 2. The van der Waals surface area contributed by atoms with E-state index in [1.54, 1.807) is 57.8 Å². The molecule has 0 unspecified atom stereocenters. The molecule has 0 radical (unpaired) electrons. The molecule has 0 N–H and O–H groups in total. The standard InChI is InChI=1S/C23H24N2O4S/c1-25(17-18-7-5-4-6-8-18)30(26,27)21-12-10-20(11-13-21)24-16-19-9-14-22(28-2)23(15-19)29-3/h4-16H,17H2,1-3H3. The number of rotatable bonds is 8. The molecule has 30 heavy (non-hydrogen) atoms. The Morgan fingerprint density at radius 3 is 2.20 bits per heavy atom. The number of sulfonamides is 1. The first-order chi connectivity index (χ1) is 14.4. The highest BCUT2D eigenvalue weighted by Crippen LogP contribution is 2.27. The molecule has 0 heterocycles. The van der Waals surface area contributed by atoms with Crippen LogP contribution in [0.25, 0.3) is 0 Å². The molecule has 0 spiro atoms. The molecule has 0 fully saturated rings. The number of nitrogens with zero attached hydrogens (tertiary/aromatic N) is 2. The lowest BCUT2D eigenvalue weighted by Gasteiger charge is -2.17. The van der Waals surface area contributed by atoms with Gasteiger partial charge in [-0.1, -0.05) is 30.3 Å². The number of hydrogen-bond donors (Lipinski definition) is 0. The van der Waals surface area contributed by atoms with Crippen molar-refractivity contribution in [2.45, 2.75) is 11.4 Å². The van der Waals surface area contributed by atoms with Crippen LogP contribution in [-0.2, 0) is 16.6 Å². The molecule has 3 aromatic carbocycles. The zero-order valence-corrected chi connectivity index (χ0v) is 18.0. The molecule has 0 aliphatic carbocycles. The first kappa shape index (κ1) is 21.5. The van der Waals surface area contributed by atoms with E-state index in [-0.39, 0.29) is 4.90 Å². The molecule has 0 aliphatic heterocycles. The van der Waals surface area contributed by atoms with Crippen LogP contribution in [0.15, 0.2) is 82.7 Å². The van der Waals surface area contributed by atoms with Crippen LogP contribution < -0.4 is 9.47 Å². The lowest BCUT2D eigenvalue weighted by atomic mass is 10.2. The molecule has 0 atom stereocenters. The van der Waals surface area contributed by atoms with Gasteiger partial charge in [-0.25, -0.2) is 8.42 Å². The summed E-state index contributed by atoms with van der Waals surface area (Å²) in [6, 6.07) is 21.5. The molecule has 3 rings (SSSR count). The maximum atomic E-state index is 12.8. The zero-order valence-electron chi connectivity index (χ0n) is 17.1. The summed E-state index contributed by atoms with van der Waals surface area (Å²) in [4.78, 5) is 4.64. The summed E-state index contributed by atoms with van der Waals surface area (Å²) in [6.45, 7) is 0.308. The molecule has 7 heteroatoms. The van der Waals surface area contributed by atoms with E-state index in [0.717, 1.165) is 11.1 Å². The van der Waals surface area contributed by atoms with E-state index in [4.69, 9.17) is 9.47 Å². The van der Waals surface area contributed by atoms with Gasteiger partial charge in [0.05, 0.1) is 24.8 Å². The van der Waals surface area contributed by atoms with Crippen LogP contribution in [0.5, 0.6) is 11.5 Å². The summed E-state index contributed by atoms with van der Waals surface area (Å²) in [5, 5.41) is 0. The predicted octanol–water partition coefficient (Wildman–Crippen LogP) is 4.28. The van der Waals surface area contributed by atoms with Crippen LogP contribution in [0.3, 0.4) is 0 Å². The minimum absolute atomic E-state index is 0.228. The topological polar surface area (TPSA) is 68.2 Å². The van der Waals surface area contributed by atoms with Crippen molar-refractivity contribution in [3.63, 3.8) is 0 Å². The van der Waals surface area contributed by atoms with Gasteiger partial charge in [-0.05, 0) is 53.6 Å². The Balaban J connectivity index is 1.73. The average Bonchev–Trinajstić information content (AvgIpc) is 2.78. The first-order valence-corrected chi connectivity index (χ1v) is 10.7. The molecule has 0 aromatic heterocycles. The van der Waals surface area contributed by atoms with Gasteiger partial charge >= 0.3 is 0 Å². The van der Waals surface area contributed by atoms with Gasteiger partial charge in [0.1, 0.15) is 0 Å². The minimum atomic E-state index is -3.59. The van der Waals surface area contributed by atoms with E-state index in [1.807, 2.05) is 42.5 Å². The summed E-state index contributed by atoms with van der Waals surface area (Å²) in [7, 11) is 1.15. The van der Waals surface area contributed by atoms with Crippen molar-refractivity contribution >= 4 is 21.9 Å².